The third-order valence-corrected chi connectivity index (χ3v) is 3.35. The van der Waals surface area contributed by atoms with E-state index in [0.717, 1.165) is 24.5 Å². The molecule has 0 unspecified atom stereocenters. The van der Waals surface area contributed by atoms with Gasteiger partial charge in [-0.2, -0.15) is 17.9 Å². The molecular weight excluding hydrogens is 254 g/mol. The highest BCUT2D eigenvalue weighted by atomic mass is 32.1. The van der Waals surface area contributed by atoms with Crippen LogP contribution in [0.15, 0.2) is 24.3 Å². The van der Waals surface area contributed by atoms with Gasteiger partial charge in [-0.15, -0.1) is 0 Å². The number of hydrogen-bond donors (Lipinski definition) is 1. The largest absolute Gasteiger partial charge is 0.494 e. The number of nitriles is 1. The molecule has 0 aromatic heterocycles. The molecule has 1 rings (SSSR count). The zero-order chi connectivity index (χ0) is 13.8. The van der Waals surface area contributed by atoms with E-state index in [2.05, 4.69) is 18.7 Å². The second-order valence-corrected chi connectivity index (χ2v) is 5.13. The van der Waals surface area contributed by atoms with Crippen molar-refractivity contribution in [3.05, 3.63) is 29.8 Å². The first-order chi connectivity index (χ1) is 9.36. The van der Waals surface area contributed by atoms with E-state index in [1.165, 1.54) is 38.5 Å². The molecule has 0 radical (unpaired) electrons. The lowest BCUT2D eigenvalue weighted by atomic mass is 10.1. The average molecular weight is 277 g/mol. The SMILES string of the molecule is N#Cc1cccc(OCCCCCCCCCS)c1. The standard InChI is InChI=1S/C16H23NOS/c17-14-15-9-8-10-16(13-15)18-11-6-4-2-1-3-5-7-12-19/h8-10,13,19H,1-7,11-12H2. The minimum atomic E-state index is 0.654. The summed E-state index contributed by atoms with van der Waals surface area (Å²) in [5, 5.41) is 8.78. The zero-order valence-electron chi connectivity index (χ0n) is 11.5. The summed E-state index contributed by atoms with van der Waals surface area (Å²) in [6.07, 6.45) is 8.78. The number of benzene rings is 1. The van der Waals surface area contributed by atoms with Crippen LogP contribution in [-0.2, 0) is 0 Å². The van der Waals surface area contributed by atoms with Crippen LogP contribution < -0.4 is 4.74 Å². The molecule has 0 saturated heterocycles. The molecule has 0 amide bonds. The van der Waals surface area contributed by atoms with Gasteiger partial charge in [0.15, 0.2) is 0 Å². The first kappa shape index (κ1) is 15.9. The van der Waals surface area contributed by atoms with Crippen molar-refractivity contribution in [2.24, 2.45) is 0 Å². The predicted molar refractivity (Wildman–Crippen MR) is 82.8 cm³/mol. The Bertz CT molecular complexity index is 387. The molecule has 2 nitrogen and oxygen atoms in total. The van der Waals surface area contributed by atoms with E-state index < -0.39 is 0 Å². The lowest BCUT2D eigenvalue weighted by Gasteiger charge is -2.06. The van der Waals surface area contributed by atoms with Crippen molar-refractivity contribution in [3.63, 3.8) is 0 Å². The maximum Gasteiger partial charge on any atom is 0.120 e. The Morgan fingerprint density at radius 1 is 1.00 bits per heavy atom. The molecule has 0 N–H and O–H groups in total. The van der Waals surface area contributed by atoms with Gasteiger partial charge in [0.05, 0.1) is 18.2 Å². The van der Waals surface area contributed by atoms with Crippen molar-refractivity contribution >= 4 is 12.6 Å². The molecule has 1 aromatic carbocycles. The fourth-order valence-electron chi connectivity index (χ4n) is 1.94. The van der Waals surface area contributed by atoms with Crippen molar-refractivity contribution in [1.29, 1.82) is 5.26 Å². The summed E-state index contributed by atoms with van der Waals surface area (Å²) in [7, 11) is 0. The minimum absolute atomic E-state index is 0.654. The van der Waals surface area contributed by atoms with Crippen molar-refractivity contribution < 1.29 is 4.74 Å². The van der Waals surface area contributed by atoms with E-state index in [-0.39, 0.29) is 0 Å². The van der Waals surface area contributed by atoms with Gasteiger partial charge in [0.1, 0.15) is 5.75 Å². The third-order valence-electron chi connectivity index (χ3n) is 3.03. The van der Waals surface area contributed by atoms with Gasteiger partial charge in [-0.05, 0) is 36.8 Å². The van der Waals surface area contributed by atoms with E-state index in [4.69, 9.17) is 10.00 Å². The summed E-state index contributed by atoms with van der Waals surface area (Å²) in [6, 6.07) is 9.45. The van der Waals surface area contributed by atoms with Gasteiger partial charge in [0.2, 0.25) is 0 Å². The Balaban J connectivity index is 2.00. The topological polar surface area (TPSA) is 33.0 Å². The van der Waals surface area contributed by atoms with Crippen LogP contribution in [0.4, 0.5) is 0 Å². The molecule has 0 aliphatic carbocycles. The maximum absolute atomic E-state index is 8.78. The van der Waals surface area contributed by atoms with Crippen LogP contribution in [0.25, 0.3) is 0 Å². The first-order valence-electron chi connectivity index (χ1n) is 7.10. The summed E-state index contributed by atoms with van der Waals surface area (Å²) >= 11 is 4.20. The van der Waals surface area contributed by atoms with Crippen LogP contribution in [0.5, 0.6) is 5.75 Å². The third kappa shape index (κ3) is 7.79. The van der Waals surface area contributed by atoms with E-state index in [1.807, 2.05) is 12.1 Å². The molecule has 3 heteroatoms. The number of thiol groups is 1. The monoisotopic (exact) mass is 277 g/mol. The Hall–Kier alpha value is -1.14. The Kier molecular flexibility index (Phi) is 9.01. The molecule has 0 saturated carbocycles. The second kappa shape index (κ2) is 10.8. The summed E-state index contributed by atoms with van der Waals surface area (Å²) in [5.41, 5.74) is 0.654. The Labute approximate surface area is 122 Å². The maximum atomic E-state index is 8.78. The van der Waals surface area contributed by atoms with Crippen molar-refractivity contribution in [1.82, 2.24) is 0 Å². The van der Waals surface area contributed by atoms with Crippen LogP contribution >= 0.6 is 12.6 Å². The Morgan fingerprint density at radius 3 is 2.37 bits per heavy atom. The number of rotatable bonds is 10. The normalized spacial score (nSPS) is 10.1. The fourth-order valence-corrected chi connectivity index (χ4v) is 2.17. The van der Waals surface area contributed by atoms with Gasteiger partial charge in [-0.3, -0.25) is 0 Å². The van der Waals surface area contributed by atoms with Crippen LogP contribution in [-0.4, -0.2) is 12.4 Å². The number of hydrogen-bond acceptors (Lipinski definition) is 3. The van der Waals surface area contributed by atoms with E-state index in [0.29, 0.717) is 5.56 Å². The average Bonchev–Trinajstić information content (AvgIpc) is 2.46. The van der Waals surface area contributed by atoms with Crippen LogP contribution in [0.3, 0.4) is 0 Å². The van der Waals surface area contributed by atoms with Crippen molar-refractivity contribution in [2.45, 2.75) is 44.9 Å². The summed E-state index contributed by atoms with van der Waals surface area (Å²) in [4.78, 5) is 0. The molecular formula is C16H23NOS. The van der Waals surface area contributed by atoms with Gasteiger partial charge in [-0.25, -0.2) is 0 Å². The zero-order valence-corrected chi connectivity index (χ0v) is 12.4. The van der Waals surface area contributed by atoms with Crippen LogP contribution in [0, 0.1) is 11.3 Å². The number of unbranched alkanes of at least 4 members (excludes halogenated alkanes) is 6. The van der Waals surface area contributed by atoms with Gasteiger partial charge < -0.3 is 4.74 Å². The number of ether oxygens (including phenoxy) is 1. The molecule has 0 atom stereocenters. The molecule has 0 aliphatic rings. The van der Waals surface area contributed by atoms with E-state index in [9.17, 15) is 0 Å². The summed E-state index contributed by atoms with van der Waals surface area (Å²) in [6.45, 7) is 0.742. The molecule has 0 bridgehead atoms. The highest BCUT2D eigenvalue weighted by molar-refractivity contribution is 7.80. The van der Waals surface area contributed by atoms with Gasteiger partial charge in [-0.1, -0.05) is 38.2 Å². The van der Waals surface area contributed by atoms with Gasteiger partial charge in [0.25, 0.3) is 0 Å². The lowest BCUT2D eigenvalue weighted by Crippen LogP contribution is -1.97. The van der Waals surface area contributed by atoms with Gasteiger partial charge >= 0.3 is 0 Å². The minimum Gasteiger partial charge on any atom is -0.494 e. The predicted octanol–water partition coefficient (Wildman–Crippen LogP) is 4.60. The summed E-state index contributed by atoms with van der Waals surface area (Å²) < 4.78 is 5.63. The highest BCUT2D eigenvalue weighted by Gasteiger charge is 1.96. The summed E-state index contributed by atoms with van der Waals surface area (Å²) in [5.74, 6) is 1.81. The molecule has 1 aromatic rings. The smallest absolute Gasteiger partial charge is 0.120 e. The molecule has 19 heavy (non-hydrogen) atoms. The molecule has 0 aliphatic heterocycles. The molecule has 0 fully saturated rings. The van der Waals surface area contributed by atoms with E-state index >= 15 is 0 Å². The molecule has 0 spiro atoms. The number of nitrogens with zero attached hydrogens (tertiary/aromatic N) is 1. The lowest BCUT2D eigenvalue weighted by molar-refractivity contribution is 0.304. The van der Waals surface area contributed by atoms with E-state index in [1.54, 1.807) is 12.1 Å². The van der Waals surface area contributed by atoms with Crippen molar-refractivity contribution in [3.8, 4) is 11.8 Å². The van der Waals surface area contributed by atoms with Crippen LogP contribution in [0.1, 0.15) is 50.5 Å². The molecule has 0 heterocycles. The fraction of sp³-hybridized carbons (Fsp3) is 0.562. The van der Waals surface area contributed by atoms with Crippen molar-refractivity contribution in [2.75, 3.05) is 12.4 Å². The Morgan fingerprint density at radius 2 is 1.68 bits per heavy atom. The second-order valence-electron chi connectivity index (χ2n) is 4.69. The highest BCUT2D eigenvalue weighted by Crippen LogP contribution is 2.13. The quantitative estimate of drug-likeness (QED) is 0.501. The van der Waals surface area contributed by atoms with Gasteiger partial charge in [0, 0.05) is 0 Å². The first-order valence-corrected chi connectivity index (χ1v) is 7.74. The van der Waals surface area contributed by atoms with Crippen LogP contribution in [0.2, 0.25) is 0 Å². The molecule has 104 valence electrons.